The zero-order valence-electron chi connectivity index (χ0n) is 23.5. The lowest BCUT2D eigenvalue weighted by Gasteiger charge is -2.26. The first kappa shape index (κ1) is 28.6. The number of furan rings is 1. The zero-order chi connectivity index (χ0) is 30.1. The summed E-state index contributed by atoms with van der Waals surface area (Å²) in [5, 5.41) is 11.6. The summed E-state index contributed by atoms with van der Waals surface area (Å²) >= 11 is 1.13. The monoisotopic (exact) mass is 589 g/mol. The van der Waals surface area contributed by atoms with Crippen LogP contribution in [0.4, 0.5) is 5.69 Å². The number of benzene rings is 2. The molecule has 5 rings (SSSR count). The minimum Gasteiger partial charge on any atom is -0.497 e. The smallest absolute Gasteiger partial charge is 0.338 e. The van der Waals surface area contributed by atoms with Gasteiger partial charge < -0.3 is 18.6 Å². The number of carbonyl (C=O) groups excluding carboxylic acids is 1. The lowest BCUT2D eigenvalue weighted by atomic mass is 9.95. The largest absolute Gasteiger partial charge is 0.497 e. The molecule has 0 saturated heterocycles. The molecular formula is C30H27N3O8S. The third-order valence-corrected chi connectivity index (χ3v) is 7.75. The number of hydrogen-bond acceptors (Lipinski definition) is 10. The number of thiazole rings is 1. The zero-order valence-corrected chi connectivity index (χ0v) is 24.3. The van der Waals surface area contributed by atoms with E-state index in [4.69, 9.17) is 18.6 Å². The number of rotatable bonds is 8. The summed E-state index contributed by atoms with van der Waals surface area (Å²) in [4.78, 5) is 43.2. The maximum atomic E-state index is 13.9. The number of carbonyl (C=O) groups is 1. The van der Waals surface area contributed by atoms with E-state index in [9.17, 15) is 19.7 Å². The molecule has 0 N–H and O–H groups in total. The summed E-state index contributed by atoms with van der Waals surface area (Å²) in [6.45, 7) is 5.31. The second kappa shape index (κ2) is 11.5. The molecule has 0 aliphatic carbocycles. The van der Waals surface area contributed by atoms with E-state index in [2.05, 4.69) is 4.99 Å². The van der Waals surface area contributed by atoms with Gasteiger partial charge in [-0.1, -0.05) is 17.4 Å². The Morgan fingerprint density at radius 1 is 1.14 bits per heavy atom. The van der Waals surface area contributed by atoms with E-state index in [0.717, 1.165) is 16.9 Å². The van der Waals surface area contributed by atoms with Gasteiger partial charge in [0.05, 0.1) is 47.1 Å². The van der Waals surface area contributed by atoms with E-state index in [-0.39, 0.29) is 17.9 Å². The van der Waals surface area contributed by atoms with Gasteiger partial charge in [0.1, 0.15) is 29.1 Å². The molecule has 2 aromatic heterocycles. The Balaban J connectivity index is 1.67. The van der Waals surface area contributed by atoms with Crippen LogP contribution in [0.15, 0.2) is 74.0 Å². The third-order valence-electron chi connectivity index (χ3n) is 6.77. The summed E-state index contributed by atoms with van der Waals surface area (Å²) in [5.74, 6) is 0.989. The molecule has 216 valence electrons. The van der Waals surface area contributed by atoms with Gasteiger partial charge in [0.15, 0.2) is 4.80 Å². The summed E-state index contributed by atoms with van der Waals surface area (Å²) < 4.78 is 24.0. The van der Waals surface area contributed by atoms with Crippen molar-refractivity contribution in [2.45, 2.75) is 26.8 Å². The molecular weight excluding hydrogens is 562 g/mol. The normalized spacial score (nSPS) is 14.8. The van der Waals surface area contributed by atoms with Crippen LogP contribution in [-0.2, 0) is 9.53 Å². The second-order valence-electron chi connectivity index (χ2n) is 9.39. The van der Waals surface area contributed by atoms with Crippen LogP contribution in [0, 0.1) is 17.0 Å². The van der Waals surface area contributed by atoms with Crippen molar-refractivity contribution in [2.24, 2.45) is 4.99 Å². The fourth-order valence-corrected chi connectivity index (χ4v) is 5.86. The van der Waals surface area contributed by atoms with Crippen LogP contribution in [0.25, 0.3) is 17.4 Å². The predicted molar refractivity (Wildman–Crippen MR) is 155 cm³/mol. The van der Waals surface area contributed by atoms with Crippen molar-refractivity contribution in [1.82, 2.24) is 4.57 Å². The highest BCUT2D eigenvalue weighted by Crippen LogP contribution is 2.38. The molecule has 2 aromatic carbocycles. The summed E-state index contributed by atoms with van der Waals surface area (Å²) in [6, 6.07) is 12.4. The van der Waals surface area contributed by atoms with Crippen molar-refractivity contribution >= 4 is 29.1 Å². The quantitative estimate of drug-likeness (QED) is 0.169. The van der Waals surface area contributed by atoms with Gasteiger partial charge in [0.2, 0.25) is 0 Å². The topological polar surface area (TPSA) is 135 Å². The van der Waals surface area contributed by atoms with Gasteiger partial charge >= 0.3 is 5.97 Å². The Morgan fingerprint density at radius 2 is 1.93 bits per heavy atom. The molecule has 3 heterocycles. The van der Waals surface area contributed by atoms with Crippen molar-refractivity contribution in [3.63, 3.8) is 0 Å². The van der Waals surface area contributed by atoms with Crippen LogP contribution in [0.1, 0.15) is 36.8 Å². The van der Waals surface area contributed by atoms with Crippen LogP contribution in [-0.4, -0.2) is 36.3 Å². The molecule has 42 heavy (non-hydrogen) atoms. The van der Waals surface area contributed by atoms with Crippen LogP contribution in [0.2, 0.25) is 0 Å². The summed E-state index contributed by atoms with van der Waals surface area (Å²) in [7, 11) is 3.03. The van der Waals surface area contributed by atoms with Gasteiger partial charge in [-0.25, -0.2) is 9.79 Å². The van der Waals surface area contributed by atoms with Crippen LogP contribution in [0.3, 0.4) is 0 Å². The Bertz CT molecular complexity index is 1930. The van der Waals surface area contributed by atoms with Gasteiger partial charge in [-0.2, -0.15) is 0 Å². The lowest BCUT2D eigenvalue weighted by molar-refractivity contribution is -0.384. The van der Waals surface area contributed by atoms with Gasteiger partial charge in [0.25, 0.3) is 11.2 Å². The van der Waals surface area contributed by atoms with Crippen molar-refractivity contribution in [3.05, 3.63) is 106 Å². The molecule has 1 atom stereocenters. The number of nitro groups is 1. The van der Waals surface area contributed by atoms with E-state index < -0.39 is 22.5 Å². The molecule has 0 bridgehead atoms. The number of nitrogens with zero attached hydrogens (tertiary/aromatic N) is 3. The molecule has 12 heteroatoms. The second-order valence-corrected chi connectivity index (χ2v) is 10.4. The number of hydrogen-bond donors (Lipinski definition) is 0. The molecule has 0 spiro atoms. The SMILES string of the molecule is CCOC(=O)C1=C(C)N=c2s/c(=C\c3ccc(-c4ccc(C)cc4[N+](=O)[O-])o3)c(=O)n2[C@H]1c1ccc(OC)cc1OC. The average molecular weight is 590 g/mol. The van der Waals surface area contributed by atoms with Crippen molar-refractivity contribution in [2.75, 3.05) is 20.8 Å². The summed E-state index contributed by atoms with van der Waals surface area (Å²) in [5.41, 5.74) is 1.77. The molecule has 0 amide bonds. The highest BCUT2D eigenvalue weighted by molar-refractivity contribution is 7.07. The van der Waals surface area contributed by atoms with Gasteiger partial charge in [-0.15, -0.1) is 0 Å². The van der Waals surface area contributed by atoms with E-state index >= 15 is 0 Å². The standard InChI is InChI=1S/C30H27N3O8S/c1-6-40-29(35)26-17(3)31-30-32(27(26)21-11-8-18(38-4)14-24(21)39-5)28(34)25(42-30)15-19-9-12-23(41-19)20-10-7-16(2)13-22(20)33(36)37/h7-15,27H,6H2,1-5H3/b25-15-/t27-/m0/s1. The Hall–Kier alpha value is -4.97. The van der Waals surface area contributed by atoms with E-state index in [1.807, 2.05) is 0 Å². The lowest BCUT2D eigenvalue weighted by Crippen LogP contribution is -2.40. The van der Waals surface area contributed by atoms with Crippen LogP contribution >= 0.6 is 11.3 Å². The molecule has 0 radical (unpaired) electrons. The molecule has 1 aliphatic rings. The van der Waals surface area contributed by atoms with Crippen molar-refractivity contribution < 1.29 is 28.3 Å². The maximum Gasteiger partial charge on any atom is 0.338 e. The molecule has 11 nitrogen and oxygen atoms in total. The predicted octanol–water partition coefficient (Wildman–Crippen LogP) is 4.29. The molecule has 1 aliphatic heterocycles. The minimum absolute atomic E-state index is 0.0781. The number of aromatic nitrogens is 1. The number of fused-ring (bicyclic) bond motifs is 1. The average Bonchev–Trinajstić information content (AvgIpc) is 3.55. The number of nitro benzene ring substituents is 1. The number of methoxy groups -OCH3 is 2. The highest BCUT2D eigenvalue weighted by atomic mass is 32.1. The molecule has 0 unspecified atom stereocenters. The Kier molecular flexibility index (Phi) is 7.81. The molecule has 0 fully saturated rings. The van der Waals surface area contributed by atoms with Gasteiger partial charge in [0, 0.05) is 23.8 Å². The first-order valence-corrected chi connectivity index (χ1v) is 13.7. The fourth-order valence-electron chi connectivity index (χ4n) is 4.84. The Labute approximate surface area is 243 Å². The molecule has 4 aromatic rings. The van der Waals surface area contributed by atoms with E-state index in [0.29, 0.717) is 49.2 Å². The number of allylic oxidation sites excluding steroid dienone is 1. The van der Waals surface area contributed by atoms with Crippen molar-refractivity contribution in [1.29, 1.82) is 0 Å². The van der Waals surface area contributed by atoms with E-state index in [1.54, 1.807) is 69.3 Å². The van der Waals surface area contributed by atoms with Gasteiger partial charge in [-0.3, -0.25) is 19.5 Å². The number of ether oxygens (including phenoxy) is 3. The summed E-state index contributed by atoms with van der Waals surface area (Å²) in [6.07, 6.45) is 1.55. The first-order valence-electron chi connectivity index (χ1n) is 12.9. The molecule has 0 saturated carbocycles. The fraction of sp³-hybridized carbons (Fsp3) is 0.233. The van der Waals surface area contributed by atoms with Crippen molar-refractivity contribution in [3.8, 4) is 22.8 Å². The van der Waals surface area contributed by atoms with E-state index in [1.165, 1.54) is 24.9 Å². The van der Waals surface area contributed by atoms with Crippen LogP contribution < -0.4 is 24.4 Å². The minimum atomic E-state index is -0.884. The third kappa shape index (κ3) is 5.12. The Morgan fingerprint density at radius 3 is 2.62 bits per heavy atom. The van der Waals surface area contributed by atoms with Gasteiger partial charge in [-0.05, 0) is 56.7 Å². The van der Waals surface area contributed by atoms with Crippen LogP contribution in [0.5, 0.6) is 11.5 Å². The number of esters is 1. The highest BCUT2D eigenvalue weighted by Gasteiger charge is 2.35. The number of aryl methyl sites for hydroxylation is 1. The first-order chi connectivity index (χ1) is 20.2. The maximum absolute atomic E-state index is 13.9.